The second-order valence-electron chi connectivity index (χ2n) is 6.34. The third kappa shape index (κ3) is 3.47. The van der Waals surface area contributed by atoms with E-state index < -0.39 is 0 Å². The zero-order chi connectivity index (χ0) is 17.2. The van der Waals surface area contributed by atoms with Crippen molar-refractivity contribution in [3.8, 4) is 0 Å². The molecule has 1 aromatic carbocycles. The van der Waals surface area contributed by atoms with E-state index >= 15 is 0 Å². The van der Waals surface area contributed by atoms with E-state index in [0.717, 1.165) is 45.9 Å². The molecule has 128 valence electrons. The molecule has 25 heavy (non-hydrogen) atoms. The Morgan fingerprint density at radius 3 is 2.80 bits per heavy atom. The van der Waals surface area contributed by atoms with Gasteiger partial charge in [-0.15, -0.1) is 0 Å². The van der Waals surface area contributed by atoms with Crippen molar-refractivity contribution in [2.45, 2.75) is 29.1 Å². The quantitative estimate of drug-likeness (QED) is 0.633. The Kier molecular flexibility index (Phi) is 4.84. The number of H-pyrrole nitrogens is 1. The first kappa shape index (κ1) is 16.7. The molecule has 3 nitrogen and oxygen atoms in total. The van der Waals surface area contributed by atoms with Gasteiger partial charge < -0.3 is 10.1 Å². The summed E-state index contributed by atoms with van der Waals surface area (Å²) in [6.07, 6.45) is 7.01. The summed E-state index contributed by atoms with van der Waals surface area (Å²) in [5, 5.41) is 11.3. The van der Waals surface area contributed by atoms with Gasteiger partial charge in [-0.3, -0.25) is 0 Å². The highest BCUT2D eigenvalue weighted by atomic mass is 35.5. The summed E-state index contributed by atoms with van der Waals surface area (Å²) in [6.45, 7) is 0.268. The van der Waals surface area contributed by atoms with Gasteiger partial charge in [0.25, 0.3) is 0 Å². The maximum Gasteiger partial charge on any atom is 0.138 e. The minimum atomic E-state index is 0.268. The molecule has 0 bridgehead atoms. The van der Waals surface area contributed by atoms with Crippen molar-refractivity contribution in [2.24, 2.45) is 5.92 Å². The maximum absolute atomic E-state index is 9.37. The molecule has 0 aliphatic heterocycles. The van der Waals surface area contributed by atoms with Crippen LogP contribution in [0.2, 0.25) is 5.02 Å². The normalized spacial score (nSPS) is 17.7. The summed E-state index contributed by atoms with van der Waals surface area (Å²) in [5.74, 6) is 0.388. The minimum absolute atomic E-state index is 0.268. The highest BCUT2D eigenvalue weighted by Gasteiger charge is 2.20. The molecule has 2 aromatic heterocycles. The number of hydrogen-bond acceptors (Lipinski definition) is 3. The zero-order valence-electron chi connectivity index (χ0n) is 13.7. The smallest absolute Gasteiger partial charge is 0.138 e. The number of benzene rings is 1. The van der Waals surface area contributed by atoms with Crippen LogP contribution in [0.25, 0.3) is 16.6 Å². The fraction of sp³-hybridized carbons (Fsp3) is 0.250. The fourth-order valence-electron chi connectivity index (χ4n) is 3.23. The van der Waals surface area contributed by atoms with Gasteiger partial charge >= 0.3 is 0 Å². The molecule has 4 rings (SSSR count). The monoisotopic (exact) mass is 370 g/mol. The van der Waals surface area contributed by atoms with Crippen molar-refractivity contribution in [1.29, 1.82) is 0 Å². The lowest BCUT2D eigenvalue weighted by Gasteiger charge is -2.20. The molecule has 0 fully saturated rings. The number of pyridine rings is 1. The molecule has 0 spiro atoms. The fourth-order valence-corrected chi connectivity index (χ4v) is 4.42. The van der Waals surface area contributed by atoms with E-state index in [1.807, 2.05) is 36.5 Å². The molecule has 0 saturated heterocycles. The lowest BCUT2D eigenvalue weighted by molar-refractivity contribution is 0.218. The van der Waals surface area contributed by atoms with Crippen LogP contribution >= 0.6 is 23.4 Å². The average Bonchev–Trinajstić information content (AvgIpc) is 3.02. The Hall–Kier alpha value is -1.75. The van der Waals surface area contributed by atoms with E-state index in [2.05, 4.69) is 22.1 Å². The van der Waals surface area contributed by atoms with Gasteiger partial charge in [0.05, 0.1) is 5.69 Å². The number of aromatic amines is 1. The summed E-state index contributed by atoms with van der Waals surface area (Å²) in [7, 11) is 0. The van der Waals surface area contributed by atoms with Crippen LogP contribution in [0.15, 0.2) is 58.5 Å². The molecule has 1 unspecified atom stereocenters. The predicted octanol–water partition coefficient (Wildman–Crippen LogP) is 5.54. The van der Waals surface area contributed by atoms with Crippen LogP contribution in [-0.4, -0.2) is 21.7 Å². The number of allylic oxidation sites excluding steroid dienone is 2. The Balaban J connectivity index is 1.76. The molecule has 1 atom stereocenters. The molecule has 0 amide bonds. The van der Waals surface area contributed by atoms with E-state index in [0.29, 0.717) is 5.92 Å². The van der Waals surface area contributed by atoms with Crippen LogP contribution in [-0.2, 0) is 0 Å². The van der Waals surface area contributed by atoms with Crippen LogP contribution < -0.4 is 0 Å². The topological polar surface area (TPSA) is 48.9 Å². The molecule has 1 aliphatic rings. The van der Waals surface area contributed by atoms with Crippen molar-refractivity contribution >= 4 is 40.0 Å². The average molecular weight is 371 g/mol. The van der Waals surface area contributed by atoms with Gasteiger partial charge in [-0.2, -0.15) is 0 Å². The van der Waals surface area contributed by atoms with Gasteiger partial charge in [-0.05, 0) is 67.2 Å². The summed E-state index contributed by atoms with van der Waals surface area (Å²) >= 11 is 7.75. The minimum Gasteiger partial charge on any atom is -0.396 e. The second kappa shape index (κ2) is 7.24. The SMILES string of the molecule is OCC1CC=C(c2[nH]c3ncccc3c2Sc2ccc(Cl)cc2)CC1. The molecule has 0 saturated carbocycles. The summed E-state index contributed by atoms with van der Waals surface area (Å²) in [4.78, 5) is 10.4. The number of aliphatic hydroxyl groups excluding tert-OH is 1. The van der Waals surface area contributed by atoms with E-state index in [1.54, 1.807) is 11.8 Å². The number of fused-ring (bicyclic) bond motifs is 1. The van der Waals surface area contributed by atoms with E-state index in [-0.39, 0.29) is 6.61 Å². The Morgan fingerprint density at radius 1 is 1.24 bits per heavy atom. The summed E-state index contributed by atoms with van der Waals surface area (Å²) in [5.41, 5.74) is 3.39. The zero-order valence-corrected chi connectivity index (χ0v) is 15.3. The molecule has 5 heteroatoms. The lowest BCUT2D eigenvalue weighted by atomic mass is 9.89. The number of rotatable bonds is 4. The first-order valence-corrected chi connectivity index (χ1v) is 9.64. The highest BCUT2D eigenvalue weighted by Crippen LogP contribution is 2.41. The van der Waals surface area contributed by atoms with Crippen LogP contribution in [0.3, 0.4) is 0 Å². The van der Waals surface area contributed by atoms with Crippen LogP contribution in [0.4, 0.5) is 0 Å². The molecular formula is C20H19ClN2OS. The van der Waals surface area contributed by atoms with Crippen molar-refractivity contribution in [3.63, 3.8) is 0 Å². The Labute approximate surface area is 156 Å². The molecule has 2 N–H and O–H groups in total. The van der Waals surface area contributed by atoms with Crippen LogP contribution in [0.1, 0.15) is 25.0 Å². The summed E-state index contributed by atoms with van der Waals surface area (Å²) in [6, 6.07) is 12.0. The standard InChI is InChI=1S/C20H19ClN2OS/c21-15-7-9-16(10-8-15)25-19-17-2-1-11-22-20(17)23-18(19)14-5-3-13(12-24)4-6-14/h1-2,5,7-11,13,24H,3-4,6,12H2,(H,22,23). The van der Waals surface area contributed by atoms with E-state index in [4.69, 9.17) is 11.6 Å². The van der Waals surface area contributed by atoms with Gasteiger partial charge in [0.1, 0.15) is 5.65 Å². The highest BCUT2D eigenvalue weighted by molar-refractivity contribution is 7.99. The van der Waals surface area contributed by atoms with Crippen molar-refractivity contribution in [2.75, 3.05) is 6.61 Å². The third-order valence-corrected chi connectivity index (χ3v) is 6.04. The number of halogens is 1. The molecule has 3 aromatic rings. The number of hydrogen-bond donors (Lipinski definition) is 2. The van der Waals surface area contributed by atoms with Gasteiger partial charge in [0.2, 0.25) is 0 Å². The number of aromatic nitrogens is 2. The van der Waals surface area contributed by atoms with Gasteiger partial charge in [-0.1, -0.05) is 29.4 Å². The van der Waals surface area contributed by atoms with E-state index in [9.17, 15) is 5.11 Å². The Bertz CT molecular complexity index is 917. The predicted molar refractivity (Wildman–Crippen MR) is 104 cm³/mol. The molecule has 0 radical (unpaired) electrons. The molecule has 2 heterocycles. The lowest BCUT2D eigenvalue weighted by Crippen LogP contribution is -2.09. The van der Waals surface area contributed by atoms with Gasteiger partial charge in [-0.25, -0.2) is 4.98 Å². The largest absolute Gasteiger partial charge is 0.396 e. The van der Waals surface area contributed by atoms with Crippen molar-refractivity contribution < 1.29 is 5.11 Å². The van der Waals surface area contributed by atoms with Gasteiger partial charge in [0.15, 0.2) is 0 Å². The maximum atomic E-state index is 9.37. The van der Waals surface area contributed by atoms with Gasteiger partial charge in [0, 0.05) is 33.0 Å². The van der Waals surface area contributed by atoms with Crippen LogP contribution in [0, 0.1) is 5.92 Å². The van der Waals surface area contributed by atoms with Crippen LogP contribution in [0.5, 0.6) is 0 Å². The molecular weight excluding hydrogens is 352 g/mol. The van der Waals surface area contributed by atoms with Crippen molar-refractivity contribution in [3.05, 3.63) is 59.4 Å². The Morgan fingerprint density at radius 2 is 2.08 bits per heavy atom. The first-order valence-electron chi connectivity index (χ1n) is 8.45. The second-order valence-corrected chi connectivity index (χ2v) is 7.86. The number of aliphatic hydroxyl groups is 1. The van der Waals surface area contributed by atoms with E-state index in [1.165, 1.54) is 10.5 Å². The summed E-state index contributed by atoms with van der Waals surface area (Å²) < 4.78 is 0. The first-order chi connectivity index (χ1) is 12.2. The molecule has 1 aliphatic carbocycles. The third-order valence-electron chi connectivity index (χ3n) is 4.66. The van der Waals surface area contributed by atoms with Crippen molar-refractivity contribution in [1.82, 2.24) is 9.97 Å². The number of nitrogens with one attached hydrogen (secondary N) is 1. The number of nitrogens with zero attached hydrogens (tertiary/aromatic N) is 1.